The van der Waals surface area contributed by atoms with Gasteiger partial charge in [0.2, 0.25) is 5.91 Å². The molecule has 1 aromatic rings. The quantitative estimate of drug-likeness (QED) is 0.793. The molecular weight excluding hydrogens is 262 g/mol. The van der Waals surface area contributed by atoms with E-state index in [1.54, 1.807) is 12.1 Å². The van der Waals surface area contributed by atoms with Crippen molar-refractivity contribution in [2.24, 2.45) is 0 Å². The van der Waals surface area contributed by atoms with Crippen molar-refractivity contribution in [2.45, 2.75) is 48.7 Å². The minimum Gasteiger partial charge on any atom is -0.324 e. The molecule has 4 nitrogen and oxygen atoms in total. The van der Waals surface area contributed by atoms with E-state index in [2.05, 4.69) is 5.32 Å². The molecule has 1 N–H and O–H groups in total. The number of hydrogen-bond donors (Lipinski definition) is 1. The highest BCUT2D eigenvalue weighted by atomic mass is 32.2. The lowest BCUT2D eigenvalue weighted by Crippen LogP contribution is -2.53. The summed E-state index contributed by atoms with van der Waals surface area (Å²) in [5.74, 6) is -0.344. The van der Waals surface area contributed by atoms with Gasteiger partial charge in [-0.05, 0) is 37.5 Å². The van der Waals surface area contributed by atoms with E-state index < -0.39 is 14.6 Å². The maximum Gasteiger partial charge on any atom is 0.246 e. The summed E-state index contributed by atoms with van der Waals surface area (Å²) >= 11 is 0. The first-order chi connectivity index (χ1) is 8.97. The van der Waals surface area contributed by atoms with Gasteiger partial charge in [0.25, 0.3) is 0 Å². The molecule has 0 aromatic heterocycles. The van der Waals surface area contributed by atoms with E-state index in [1.165, 1.54) is 0 Å². The van der Waals surface area contributed by atoms with Crippen LogP contribution in [0.1, 0.15) is 37.7 Å². The van der Waals surface area contributed by atoms with Gasteiger partial charge in [-0.2, -0.15) is 0 Å². The van der Waals surface area contributed by atoms with Gasteiger partial charge in [-0.3, -0.25) is 4.79 Å². The second-order valence-electron chi connectivity index (χ2n) is 5.51. The highest BCUT2D eigenvalue weighted by Gasteiger charge is 2.54. The third kappa shape index (κ3) is 1.64. The zero-order valence-corrected chi connectivity index (χ0v) is 11.7. The molecule has 0 radical (unpaired) electrons. The molecule has 1 aromatic carbocycles. The summed E-state index contributed by atoms with van der Waals surface area (Å²) in [6, 6.07) is 5.16. The van der Waals surface area contributed by atoms with Crippen LogP contribution in [0.4, 0.5) is 5.69 Å². The van der Waals surface area contributed by atoms with E-state index in [0.717, 1.165) is 24.8 Å². The minimum absolute atomic E-state index is 0.286. The summed E-state index contributed by atoms with van der Waals surface area (Å²) in [4.78, 5) is 12.6. The Morgan fingerprint density at radius 1 is 1.16 bits per heavy atom. The Morgan fingerprint density at radius 3 is 2.53 bits per heavy atom. The van der Waals surface area contributed by atoms with Gasteiger partial charge in [0.15, 0.2) is 14.6 Å². The molecule has 0 bridgehead atoms. The molecule has 0 unspecified atom stereocenters. The number of carbonyl (C=O) groups is 1. The van der Waals surface area contributed by atoms with Gasteiger partial charge in [0, 0.05) is 0 Å². The van der Waals surface area contributed by atoms with Gasteiger partial charge < -0.3 is 5.32 Å². The Labute approximate surface area is 113 Å². The molecule has 2 aliphatic rings. The Kier molecular flexibility index (Phi) is 2.71. The summed E-state index contributed by atoms with van der Waals surface area (Å²) in [5.41, 5.74) is 1.32. The van der Waals surface area contributed by atoms with Crippen LogP contribution in [0.5, 0.6) is 0 Å². The fraction of sp³-hybridized carbons (Fsp3) is 0.500. The highest BCUT2D eigenvalue weighted by Crippen LogP contribution is 2.45. The van der Waals surface area contributed by atoms with Crippen molar-refractivity contribution in [3.05, 3.63) is 23.8 Å². The maximum absolute atomic E-state index is 12.9. The molecule has 0 atom stereocenters. The normalized spacial score (nSPS) is 23.7. The zero-order chi connectivity index (χ0) is 13.7. The average molecular weight is 279 g/mol. The smallest absolute Gasteiger partial charge is 0.246 e. The van der Waals surface area contributed by atoms with Crippen LogP contribution < -0.4 is 5.32 Å². The van der Waals surface area contributed by atoms with Crippen molar-refractivity contribution in [1.29, 1.82) is 0 Å². The number of carbonyl (C=O) groups excluding carboxylic acids is 1. The monoisotopic (exact) mass is 279 g/mol. The second-order valence-corrected chi connectivity index (χ2v) is 7.74. The topological polar surface area (TPSA) is 63.2 Å². The van der Waals surface area contributed by atoms with Gasteiger partial charge in [0.1, 0.15) is 0 Å². The molecule has 1 saturated carbocycles. The van der Waals surface area contributed by atoms with Crippen molar-refractivity contribution in [3.8, 4) is 0 Å². The van der Waals surface area contributed by atoms with E-state index in [0.29, 0.717) is 18.5 Å². The molecule has 1 heterocycles. The molecule has 19 heavy (non-hydrogen) atoms. The van der Waals surface area contributed by atoms with Crippen LogP contribution >= 0.6 is 0 Å². The fourth-order valence-electron chi connectivity index (χ4n) is 3.14. The van der Waals surface area contributed by atoms with Crippen LogP contribution in [0.15, 0.2) is 23.1 Å². The van der Waals surface area contributed by atoms with E-state index in [9.17, 15) is 13.2 Å². The summed E-state index contributed by atoms with van der Waals surface area (Å²) in [7, 11) is -3.59. The SMILES string of the molecule is Cc1ccc2c(c1)S(=O)(=O)C1(CCCCC1)C(=O)N2. The molecule has 1 spiro atoms. The summed E-state index contributed by atoms with van der Waals surface area (Å²) < 4.78 is 24.5. The van der Waals surface area contributed by atoms with Gasteiger partial charge >= 0.3 is 0 Å². The van der Waals surface area contributed by atoms with Crippen molar-refractivity contribution in [1.82, 2.24) is 0 Å². The number of nitrogens with one attached hydrogen (secondary N) is 1. The molecule has 0 saturated heterocycles. The highest BCUT2D eigenvalue weighted by molar-refractivity contribution is 7.94. The maximum atomic E-state index is 12.9. The van der Waals surface area contributed by atoms with E-state index in [-0.39, 0.29) is 10.8 Å². The van der Waals surface area contributed by atoms with Crippen molar-refractivity contribution >= 4 is 21.4 Å². The summed E-state index contributed by atoms with van der Waals surface area (Å²) in [5, 5.41) is 2.79. The molecule has 3 rings (SSSR count). The lowest BCUT2D eigenvalue weighted by atomic mass is 9.87. The molecule has 1 amide bonds. The van der Waals surface area contributed by atoms with Crippen molar-refractivity contribution < 1.29 is 13.2 Å². The Morgan fingerprint density at radius 2 is 1.84 bits per heavy atom. The van der Waals surface area contributed by atoms with Gasteiger partial charge in [0.05, 0.1) is 10.6 Å². The van der Waals surface area contributed by atoms with Gasteiger partial charge in [-0.25, -0.2) is 8.42 Å². The fourth-order valence-corrected chi connectivity index (χ4v) is 5.43. The van der Waals surface area contributed by atoms with Crippen LogP contribution in [0.25, 0.3) is 0 Å². The molecule has 5 heteroatoms. The second kappa shape index (κ2) is 4.07. The van der Waals surface area contributed by atoms with Crippen LogP contribution in [-0.2, 0) is 14.6 Å². The number of fused-ring (bicyclic) bond motifs is 1. The first-order valence-corrected chi connectivity index (χ1v) is 8.12. The molecule has 102 valence electrons. The standard InChI is InChI=1S/C14H17NO3S/c1-10-5-6-11-12(9-10)19(17,18)14(13(16)15-11)7-3-2-4-8-14/h5-6,9H,2-4,7-8H2,1H3,(H,15,16). The van der Waals surface area contributed by atoms with E-state index >= 15 is 0 Å². The number of amides is 1. The van der Waals surface area contributed by atoms with Crippen LogP contribution in [0.2, 0.25) is 0 Å². The van der Waals surface area contributed by atoms with Crippen LogP contribution in [-0.4, -0.2) is 19.1 Å². The zero-order valence-electron chi connectivity index (χ0n) is 10.9. The number of sulfone groups is 1. The van der Waals surface area contributed by atoms with Gasteiger partial charge in [-0.15, -0.1) is 0 Å². The number of anilines is 1. The third-order valence-corrected chi connectivity index (χ3v) is 6.80. The minimum atomic E-state index is -3.59. The average Bonchev–Trinajstić information content (AvgIpc) is 2.40. The van der Waals surface area contributed by atoms with Crippen molar-refractivity contribution in [2.75, 3.05) is 5.32 Å². The number of aryl methyl sites for hydroxylation is 1. The van der Waals surface area contributed by atoms with Crippen LogP contribution in [0, 0.1) is 6.92 Å². The van der Waals surface area contributed by atoms with E-state index in [1.807, 2.05) is 13.0 Å². The summed E-state index contributed by atoms with van der Waals surface area (Å²) in [6.07, 6.45) is 3.48. The first-order valence-electron chi connectivity index (χ1n) is 6.64. The predicted molar refractivity (Wildman–Crippen MR) is 72.8 cm³/mol. The Balaban J connectivity index is 2.23. The van der Waals surface area contributed by atoms with Crippen molar-refractivity contribution in [3.63, 3.8) is 0 Å². The molecule has 1 fully saturated rings. The Hall–Kier alpha value is -1.36. The largest absolute Gasteiger partial charge is 0.324 e. The number of hydrogen-bond acceptors (Lipinski definition) is 3. The van der Waals surface area contributed by atoms with E-state index in [4.69, 9.17) is 0 Å². The molecule has 1 aliphatic carbocycles. The lowest BCUT2D eigenvalue weighted by molar-refractivity contribution is -0.119. The van der Waals surface area contributed by atoms with Crippen LogP contribution in [0.3, 0.4) is 0 Å². The number of benzene rings is 1. The Bertz CT molecular complexity index is 643. The van der Waals surface area contributed by atoms with Gasteiger partial charge in [-0.1, -0.05) is 25.3 Å². The molecular formula is C14H17NO3S. The third-order valence-electron chi connectivity index (χ3n) is 4.26. The predicted octanol–water partition coefficient (Wildman–Crippen LogP) is 2.42. The first kappa shape index (κ1) is 12.7. The lowest BCUT2D eigenvalue weighted by Gasteiger charge is -2.38. The summed E-state index contributed by atoms with van der Waals surface area (Å²) in [6.45, 7) is 1.86. The molecule has 1 aliphatic heterocycles. The number of rotatable bonds is 0.